The fourth-order valence-corrected chi connectivity index (χ4v) is 2.24. The summed E-state index contributed by atoms with van der Waals surface area (Å²) in [4.78, 5) is 13.5. The molecule has 0 fully saturated rings. The molecule has 0 aromatic heterocycles. The van der Waals surface area contributed by atoms with Crippen molar-refractivity contribution in [1.82, 2.24) is 4.90 Å². The molecule has 0 saturated heterocycles. The topological polar surface area (TPSA) is 44.1 Å². The monoisotopic (exact) mass is 304 g/mol. The molecular weight excluding hydrogens is 272 g/mol. The van der Waals surface area contributed by atoms with Crippen molar-refractivity contribution in [3.63, 3.8) is 0 Å². The number of unbranched alkanes of at least 4 members (excludes halogenated alkanes) is 6. The molecule has 0 rings (SSSR count). The molecule has 0 atom stereocenters. The average Bonchev–Trinajstić information content (AvgIpc) is 2.51. The minimum Gasteiger partial charge on any atom is -0.377 e. The molecule has 3 nitrogen and oxygen atoms in total. The molecule has 0 aromatic rings. The lowest BCUT2D eigenvalue weighted by Crippen LogP contribution is -2.20. The average molecular weight is 304 g/mol. The van der Waals surface area contributed by atoms with Gasteiger partial charge in [-0.2, -0.15) is 5.26 Å². The van der Waals surface area contributed by atoms with Crippen LogP contribution in [0.15, 0.2) is 23.9 Å². The van der Waals surface area contributed by atoms with Gasteiger partial charge in [-0.3, -0.25) is 4.79 Å². The van der Waals surface area contributed by atoms with Crippen LogP contribution in [-0.2, 0) is 4.79 Å². The largest absolute Gasteiger partial charge is 0.377 e. The van der Waals surface area contributed by atoms with Gasteiger partial charge in [-0.15, -0.1) is 0 Å². The van der Waals surface area contributed by atoms with Crippen molar-refractivity contribution in [2.45, 2.75) is 72.1 Å². The van der Waals surface area contributed by atoms with Crippen molar-refractivity contribution >= 4 is 5.78 Å². The highest BCUT2D eigenvalue weighted by molar-refractivity contribution is 5.97. The van der Waals surface area contributed by atoms with Crippen LogP contribution < -0.4 is 0 Å². The van der Waals surface area contributed by atoms with Gasteiger partial charge in [-0.25, -0.2) is 0 Å². The van der Waals surface area contributed by atoms with Crippen molar-refractivity contribution in [1.29, 1.82) is 5.26 Å². The number of carbonyl (C=O) groups excluding carboxylic acids is 1. The minimum atomic E-state index is -0.176. The van der Waals surface area contributed by atoms with Gasteiger partial charge < -0.3 is 4.90 Å². The van der Waals surface area contributed by atoms with Crippen LogP contribution in [0.2, 0.25) is 0 Å². The maximum Gasteiger partial charge on any atom is 0.170 e. The number of nitrogens with zero attached hydrogens (tertiary/aromatic N) is 2. The molecule has 124 valence electrons. The number of ketones is 1. The van der Waals surface area contributed by atoms with E-state index in [4.69, 9.17) is 5.26 Å². The molecule has 3 heteroatoms. The van der Waals surface area contributed by atoms with Gasteiger partial charge in [-0.1, -0.05) is 52.4 Å². The van der Waals surface area contributed by atoms with Gasteiger partial charge in [0.15, 0.2) is 5.78 Å². The van der Waals surface area contributed by atoms with Crippen LogP contribution in [0.3, 0.4) is 0 Å². The third-order valence-corrected chi connectivity index (χ3v) is 3.66. The van der Waals surface area contributed by atoms with E-state index < -0.39 is 0 Å². The van der Waals surface area contributed by atoms with Crippen LogP contribution in [0, 0.1) is 11.3 Å². The van der Waals surface area contributed by atoms with Gasteiger partial charge in [0.05, 0.1) is 5.57 Å². The van der Waals surface area contributed by atoms with E-state index in [0.29, 0.717) is 0 Å². The van der Waals surface area contributed by atoms with Gasteiger partial charge in [-0.05, 0) is 38.1 Å². The molecule has 0 bridgehead atoms. The first-order chi connectivity index (χ1) is 10.7. The van der Waals surface area contributed by atoms with Crippen molar-refractivity contribution in [3.8, 4) is 6.07 Å². The summed E-state index contributed by atoms with van der Waals surface area (Å²) in [6.07, 6.45) is 15.5. The van der Waals surface area contributed by atoms with Gasteiger partial charge in [0, 0.05) is 13.1 Å². The molecular formula is C19H32N2O. The molecule has 0 amide bonds. The van der Waals surface area contributed by atoms with Gasteiger partial charge in [0.25, 0.3) is 0 Å². The first kappa shape index (κ1) is 20.4. The Bertz CT molecular complexity index is 379. The second kappa shape index (κ2) is 14.4. The molecule has 0 radical (unpaired) electrons. The Labute approximate surface area is 136 Å². The second-order valence-electron chi connectivity index (χ2n) is 5.75. The normalized spacial score (nSPS) is 11.6. The van der Waals surface area contributed by atoms with E-state index in [-0.39, 0.29) is 11.4 Å². The molecule has 0 aromatic carbocycles. The highest BCUT2D eigenvalue weighted by Gasteiger charge is 2.01. The van der Waals surface area contributed by atoms with Crippen molar-refractivity contribution in [2.75, 3.05) is 13.1 Å². The number of Topliss-reactive ketones (excluding diaryl/α,β-unsaturated/α-hetero) is 1. The van der Waals surface area contributed by atoms with Crippen LogP contribution in [0.5, 0.6) is 0 Å². The maximum atomic E-state index is 11.2. The molecule has 0 aliphatic carbocycles. The summed E-state index contributed by atoms with van der Waals surface area (Å²) < 4.78 is 0. The van der Waals surface area contributed by atoms with E-state index in [2.05, 4.69) is 18.7 Å². The molecule has 0 N–H and O–H groups in total. The van der Waals surface area contributed by atoms with Gasteiger partial charge >= 0.3 is 0 Å². The lowest BCUT2D eigenvalue weighted by molar-refractivity contribution is -0.113. The Morgan fingerprint density at radius 1 is 1.00 bits per heavy atom. The predicted octanol–water partition coefficient (Wildman–Crippen LogP) is 5.00. The SMILES string of the molecule is CCCCCCN(/C=C/C=C(/C#N)C(C)=O)CCCCCC. The van der Waals surface area contributed by atoms with Gasteiger partial charge in [0.1, 0.15) is 6.07 Å². The third-order valence-electron chi connectivity index (χ3n) is 3.66. The highest BCUT2D eigenvalue weighted by Crippen LogP contribution is 2.06. The van der Waals surface area contributed by atoms with E-state index >= 15 is 0 Å². The molecule has 0 spiro atoms. The van der Waals surface area contributed by atoms with E-state index in [0.717, 1.165) is 13.1 Å². The summed E-state index contributed by atoms with van der Waals surface area (Å²) in [5.41, 5.74) is 0.216. The van der Waals surface area contributed by atoms with E-state index in [1.54, 1.807) is 6.08 Å². The number of hydrogen-bond acceptors (Lipinski definition) is 3. The highest BCUT2D eigenvalue weighted by atomic mass is 16.1. The van der Waals surface area contributed by atoms with Gasteiger partial charge in [0.2, 0.25) is 0 Å². The van der Waals surface area contributed by atoms with E-state index in [1.807, 2.05) is 18.3 Å². The van der Waals surface area contributed by atoms with Crippen molar-refractivity contribution in [2.24, 2.45) is 0 Å². The first-order valence-corrected chi connectivity index (χ1v) is 8.69. The quantitative estimate of drug-likeness (QED) is 0.208. The summed E-state index contributed by atoms with van der Waals surface area (Å²) >= 11 is 0. The summed E-state index contributed by atoms with van der Waals surface area (Å²) in [5, 5.41) is 8.88. The number of carbonyl (C=O) groups is 1. The Morgan fingerprint density at radius 3 is 1.95 bits per heavy atom. The summed E-state index contributed by atoms with van der Waals surface area (Å²) in [5.74, 6) is -0.176. The van der Waals surface area contributed by atoms with Crippen LogP contribution in [0.1, 0.15) is 72.1 Å². The Hall–Kier alpha value is -1.56. The smallest absolute Gasteiger partial charge is 0.170 e. The zero-order chi connectivity index (χ0) is 16.6. The lowest BCUT2D eigenvalue weighted by Gasteiger charge is -2.20. The van der Waals surface area contributed by atoms with Crippen molar-refractivity contribution < 1.29 is 4.79 Å². The fourth-order valence-electron chi connectivity index (χ4n) is 2.24. The number of nitriles is 1. The molecule has 0 heterocycles. The van der Waals surface area contributed by atoms with E-state index in [1.165, 1.54) is 58.3 Å². The molecule has 0 saturated carbocycles. The first-order valence-electron chi connectivity index (χ1n) is 8.69. The molecule has 0 aliphatic rings. The number of allylic oxidation sites excluding steroid dienone is 3. The Kier molecular flexibility index (Phi) is 13.4. The number of hydrogen-bond donors (Lipinski definition) is 0. The zero-order valence-electron chi connectivity index (χ0n) is 14.6. The van der Waals surface area contributed by atoms with Crippen LogP contribution >= 0.6 is 0 Å². The third kappa shape index (κ3) is 11.1. The van der Waals surface area contributed by atoms with E-state index in [9.17, 15) is 4.79 Å². The molecule has 0 unspecified atom stereocenters. The fraction of sp³-hybridized carbons (Fsp3) is 0.684. The lowest BCUT2D eigenvalue weighted by atomic mass is 10.1. The van der Waals surface area contributed by atoms with Crippen LogP contribution in [0.25, 0.3) is 0 Å². The van der Waals surface area contributed by atoms with Crippen LogP contribution in [0.4, 0.5) is 0 Å². The van der Waals surface area contributed by atoms with Crippen molar-refractivity contribution in [3.05, 3.63) is 23.9 Å². The summed E-state index contributed by atoms with van der Waals surface area (Å²) in [6.45, 7) is 7.98. The Morgan fingerprint density at radius 2 is 1.55 bits per heavy atom. The number of rotatable bonds is 13. The minimum absolute atomic E-state index is 0.176. The second-order valence-corrected chi connectivity index (χ2v) is 5.75. The summed E-state index contributed by atoms with van der Waals surface area (Å²) in [6, 6.07) is 1.94. The predicted molar refractivity (Wildman–Crippen MR) is 93.4 cm³/mol. The van der Waals surface area contributed by atoms with Crippen LogP contribution in [-0.4, -0.2) is 23.8 Å². The molecule has 22 heavy (non-hydrogen) atoms. The summed E-state index contributed by atoms with van der Waals surface area (Å²) in [7, 11) is 0. The zero-order valence-corrected chi connectivity index (χ0v) is 14.6. The Balaban J connectivity index is 4.42. The molecule has 0 aliphatic heterocycles. The maximum absolute atomic E-state index is 11.2. The standard InChI is InChI=1S/C19H32N2O/c1-4-6-8-10-14-21(15-11-9-7-5-2)16-12-13-19(17-20)18(3)22/h12-13,16H,4-11,14-15H2,1-3H3/b16-12+,19-13-.